The van der Waals surface area contributed by atoms with E-state index in [2.05, 4.69) is 60.7 Å². The molecule has 0 saturated carbocycles. The number of rotatable bonds is 4. The maximum Gasteiger partial charge on any atom is 0.146 e. The van der Waals surface area contributed by atoms with Gasteiger partial charge >= 0.3 is 0 Å². The number of hydrogen-bond acceptors (Lipinski definition) is 5. The van der Waals surface area contributed by atoms with Gasteiger partial charge in [0.2, 0.25) is 0 Å². The minimum Gasteiger partial charge on any atom is -0.507 e. The third kappa shape index (κ3) is 4.28. The first-order valence-electron chi connectivity index (χ1n) is 10.0. The Balaban J connectivity index is 1.74. The summed E-state index contributed by atoms with van der Waals surface area (Å²) in [7, 11) is 0. The molecule has 2 heterocycles. The minimum atomic E-state index is -0.0879. The summed E-state index contributed by atoms with van der Waals surface area (Å²) in [5.74, 6) is 1.21. The molecule has 1 fully saturated rings. The average Bonchev–Trinajstić information content (AvgIpc) is 2.69. The van der Waals surface area contributed by atoms with Gasteiger partial charge in [0.1, 0.15) is 17.6 Å². The molecule has 1 aromatic carbocycles. The predicted molar refractivity (Wildman–Crippen MR) is 113 cm³/mol. The molecule has 0 radical (unpaired) electrons. The second-order valence-electron chi connectivity index (χ2n) is 8.50. The van der Waals surface area contributed by atoms with Gasteiger partial charge in [0.15, 0.2) is 0 Å². The molecule has 3 rings (SSSR count). The van der Waals surface area contributed by atoms with Gasteiger partial charge in [0.25, 0.3) is 0 Å². The van der Waals surface area contributed by atoms with Crippen LogP contribution in [0.3, 0.4) is 0 Å². The van der Waals surface area contributed by atoms with Gasteiger partial charge in [-0.15, -0.1) is 0 Å². The SMILES string of the molecule is CCc1cc(CN2CCN(c3ncccc3C#N)CC2)c(O)c(C(C)(C)C)c1. The molecule has 0 bridgehead atoms. The van der Waals surface area contributed by atoms with Crippen molar-refractivity contribution >= 4 is 5.82 Å². The number of benzene rings is 1. The quantitative estimate of drug-likeness (QED) is 0.876. The van der Waals surface area contributed by atoms with E-state index in [1.807, 2.05) is 6.07 Å². The van der Waals surface area contributed by atoms with E-state index in [0.717, 1.165) is 56.1 Å². The standard InChI is InChI=1S/C23H30N4O/c1-5-17-13-19(21(28)20(14-17)23(2,3)4)16-26-9-11-27(12-10-26)22-18(15-24)7-6-8-25-22/h6-8,13-14,28H,5,9-12,16H2,1-4H3. The number of aromatic nitrogens is 1. The first-order valence-corrected chi connectivity index (χ1v) is 10.0. The number of aryl methyl sites for hydroxylation is 1. The van der Waals surface area contributed by atoms with Gasteiger partial charge in [0, 0.05) is 44.5 Å². The summed E-state index contributed by atoms with van der Waals surface area (Å²) < 4.78 is 0. The third-order valence-corrected chi connectivity index (χ3v) is 5.44. The van der Waals surface area contributed by atoms with Crippen molar-refractivity contribution in [2.24, 2.45) is 0 Å². The fourth-order valence-electron chi connectivity index (χ4n) is 3.75. The van der Waals surface area contributed by atoms with Crippen LogP contribution < -0.4 is 4.90 Å². The van der Waals surface area contributed by atoms with Crippen LogP contribution in [-0.4, -0.2) is 41.2 Å². The molecule has 0 aliphatic carbocycles. The Morgan fingerprint density at radius 3 is 2.50 bits per heavy atom. The lowest BCUT2D eigenvalue weighted by atomic mass is 9.83. The summed E-state index contributed by atoms with van der Waals surface area (Å²) in [4.78, 5) is 8.95. The largest absolute Gasteiger partial charge is 0.507 e. The molecular weight excluding hydrogens is 348 g/mol. The van der Waals surface area contributed by atoms with Crippen LogP contribution in [-0.2, 0) is 18.4 Å². The van der Waals surface area contributed by atoms with E-state index in [-0.39, 0.29) is 5.41 Å². The molecule has 2 aromatic rings. The molecule has 28 heavy (non-hydrogen) atoms. The second-order valence-corrected chi connectivity index (χ2v) is 8.50. The maximum atomic E-state index is 10.9. The first kappa shape index (κ1) is 20.2. The van der Waals surface area contributed by atoms with Crippen LogP contribution in [0.5, 0.6) is 5.75 Å². The van der Waals surface area contributed by atoms with E-state index in [1.165, 1.54) is 5.56 Å². The first-order chi connectivity index (χ1) is 13.3. The molecule has 0 atom stereocenters. The highest BCUT2D eigenvalue weighted by Gasteiger charge is 2.24. The third-order valence-electron chi connectivity index (χ3n) is 5.44. The Bertz CT molecular complexity index is 871. The van der Waals surface area contributed by atoms with Crippen LogP contribution in [0, 0.1) is 11.3 Å². The van der Waals surface area contributed by atoms with Gasteiger partial charge in [-0.3, -0.25) is 4.90 Å². The Hall–Kier alpha value is -2.58. The van der Waals surface area contributed by atoms with E-state index in [4.69, 9.17) is 0 Å². The molecule has 5 nitrogen and oxygen atoms in total. The van der Waals surface area contributed by atoms with Crippen LogP contribution in [0.4, 0.5) is 5.82 Å². The van der Waals surface area contributed by atoms with E-state index < -0.39 is 0 Å². The lowest BCUT2D eigenvalue weighted by molar-refractivity contribution is 0.245. The van der Waals surface area contributed by atoms with Crippen molar-refractivity contribution in [2.45, 2.75) is 46.1 Å². The molecule has 1 aromatic heterocycles. The van der Waals surface area contributed by atoms with E-state index in [9.17, 15) is 10.4 Å². The van der Waals surface area contributed by atoms with Gasteiger partial charge in [0.05, 0.1) is 5.56 Å². The molecule has 0 unspecified atom stereocenters. The van der Waals surface area contributed by atoms with E-state index in [0.29, 0.717) is 11.3 Å². The van der Waals surface area contributed by atoms with Crippen LogP contribution in [0.1, 0.15) is 49.9 Å². The van der Waals surface area contributed by atoms with Crippen molar-refractivity contribution in [3.63, 3.8) is 0 Å². The molecule has 1 saturated heterocycles. The minimum absolute atomic E-state index is 0.0879. The smallest absolute Gasteiger partial charge is 0.146 e. The number of hydrogen-bond donors (Lipinski definition) is 1. The molecule has 148 valence electrons. The van der Waals surface area contributed by atoms with Crippen molar-refractivity contribution in [2.75, 3.05) is 31.1 Å². The van der Waals surface area contributed by atoms with Crippen molar-refractivity contribution in [1.29, 1.82) is 5.26 Å². The fourth-order valence-corrected chi connectivity index (χ4v) is 3.75. The number of phenolic OH excluding ortho intramolecular Hbond substituents is 1. The Labute approximate surface area is 168 Å². The molecular formula is C23H30N4O. The van der Waals surface area contributed by atoms with Crippen molar-refractivity contribution in [3.05, 3.63) is 52.7 Å². The number of nitriles is 1. The van der Waals surface area contributed by atoms with Crippen LogP contribution in [0.2, 0.25) is 0 Å². The zero-order chi connectivity index (χ0) is 20.3. The van der Waals surface area contributed by atoms with Gasteiger partial charge in [-0.1, -0.05) is 39.8 Å². The molecule has 1 aliphatic rings. The Kier molecular flexibility index (Phi) is 5.90. The van der Waals surface area contributed by atoms with Gasteiger partial charge in [-0.05, 0) is 35.1 Å². The lowest BCUT2D eigenvalue weighted by Crippen LogP contribution is -2.46. The van der Waals surface area contributed by atoms with Crippen LogP contribution >= 0.6 is 0 Å². The molecule has 5 heteroatoms. The number of pyridine rings is 1. The summed E-state index contributed by atoms with van der Waals surface area (Å²) in [6.07, 6.45) is 2.70. The number of aromatic hydroxyl groups is 1. The van der Waals surface area contributed by atoms with Gasteiger partial charge < -0.3 is 10.0 Å². The summed E-state index contributed by atoms with van der Waals surface area (Å²) >= 11 is 0. The Morgan fingerprint density at radius 1 is 1.18 bits per heavy atom. The normalized spacial score (nSPS) is 15.5. The van der Waals surface area contributed by atoms with Crippen molar-refractivity contribution < 1.29 is 5.11 Å². The Morgan fingerprint density at radius 2 is 1.89 bits per heavy atom. The van der Waals surface area contributed by atoms with E-state index >= 15 is 0 Å². The van der Waals surface area contributed by atoms with Crippen LogP contribution in [0.25, 0.3) is 0 Å². The molecule has 1 N–H and O–H groups in total. The highest BCUT2D eigenvalue weighted by Crippen LogP contribution is 2.35. The van der Waals surface area contributed by atoms with Gasteiger partial charge in [-0.25, -0.2) is 4.98 Å². The molecule has 0 amide bonds. The van der Waals surface area contributed by atoms with E-state index in [1.54, 1.807) is 12.3 Å². The molecule has 1 aliphatic heterocycles. The maximum absolute atomic E-state index is 10.9. The van der Waals surface area contributed by atoms with Crippen molar-refractivity contribution in [3.8, 4) is 11.8 Å². The zero-order valence-electron chi connectivity index (χ0n) is 17.4. The highest BCUT2D eigenvalue weighted by atomic mass is 16.3. The van der Waals surface area contributed by atoms with Crippen LogP contribution in [0.15, 0.2) is 30.5 Å². The predicted octanol–water partition coefficient (Wildman–Crippen LogP) is 3.84. The number of phenols is 1. The summed E-state index contributed by atoms with van der Waals surface area (Å²) in [5.41, 5.74) is 3.83. The summed E-state index contributed by atoms with van der Waals surface area (Å²) in [6.45, 7) is 12.7. The number of anilines is 1. The summed E-state index contributed by atoms with van der Waals surface area (Å²) in [6, 6.07) is 10.1. The highest BCUT2D eigenvalue weighted by molar-refractivity contribution is 5.53. The van der Waals surface area contributed by atoms with Gasteiger partial charge in [-0.2, -0.15) is 5.26 Å². The van der Waals surface area contributed by atoms with Crippen molar-refractivity contribution in [1.82, 2.24) is 9.88 Å². The number of piperazine rings is 1. The zero-order valence-corrected chi connectivity index (χ0v) is 17.4. The molecule has 0 spiro atoms. The number of nitrogens with zero attached hydrogens (tertiary/aromatic N) is 4. The second kappa shape index (κ2) is 8.20. The average molecular weight is 379 g/mol. The fraction of sp³-hybridized carbons (Fsp3) is 0.478. The lowest BCUT2D eigenvalue weighted by Gasteiger charge is -2.36. The monoisotopic (exact) mass is 378 g/mol. The summed E-state index contributed by atoms with van der Waals surface area (Å²) in [5, 5.41) is 20.2. The topological polar surface area (TPSA) is 63.4 Å².